The summed E-state index contributed by atoms with van der Waals surface area (Å²) < 4.78 is 4.89. The van der Waals surface area contributed by atoms with Gasteiger partial charge in [-0.1, -0.05) is 18.2 Å². The van der Waals surface area contributed by atoms with Gasteiger partial charge < -0.3 is 15.5 Å². The van der Waals surface area contributed by atoms with Gasteiger partial charge in [-0.05, 0) is 18.6 Å². The molecule has 0 amide bonds. The number of aromatic amines is 1. The molecule has 0 unspecified atom stereocenters. The van der Waals surface area contributed by atoms with Crippen LogP contribution in [0.3, 0.4) is 0 Å². The average molecular weight is 232 g/mol. The van der Waals surface area contributed by atoms with Gasteiger partial charge in [0.25, 0.3) is 0 Å². The maximum atomic E-state index is 11.4. The van der Waals surface area contributed by atoms with Gasteiger partial charge in [-0.3, -0.25) is 4.79 Å². The Morgan fingerprint density at radius 1 is 1.47 bits per heavy atom. The molecule has 0 saturated carbocycles. The van der Waals surface area contributed by atoms with Crippen LogP contribution in [0.4, 0.5) is 0 Å². The van der Waals surface area contributed by atoms with Gasteiger partial charge in [0.05, 0.1) is 6.61 Å². The molecule has 0 bridgehead atoms. The number of benzene rings is 1. The van der Waals surface area contributed by atoms with Gasteiger partial charge in [-0.15, -0.1) is 0 Å². The van der Waals surface area contributed by atoms with Crippen LogP contribution in [0.25, 0.3) is 10.9 Å². The first kappa shape index (κ1) is 11.7. The number of nitrogens with two attached hydrogens (primary N) is 1. The maximum Gasteiger partial charge on any atom is 0.323 e. The first-order valence-electron chi connectivity index (χ1n) is 5.69. The number of aromatic nitrogens is 1. The van der Waals surface area contributed by atoms with Crippen LogP contribution >= 0.6 is 0 Å². The fourth-order valence-corrected chi connectivity index (χ4v) is 1.87. The Balaban J connectivity index is 2.16. The Hall–Kier alpha value is -1.81. The van der Waals surface area contributed by atoms with E-state index in [1.54, 1.807) is 6.92 Å². The van der Waals surface area contributed by atoms with Gasteiger partial charge in [0.2, 0.25) is 0 Å². The van der Waals surface area contributed by atoms with E-state index in [9.17, 15) is 4.79 Å². The number of ether oxygens (including phenoxy) is 1. The van der Waals surface area contributed by atoms with Gasteiger partial charge >= 0.3 is 5.97 Å². The number of hydrogen-bond donors (Lipinski definition) is 2. The van der Waals surface area contributed by atoms with Crippen LogP contribution < -0.4 is 5.73 Å². The lowest BCUT2D eigenvalue weighted by molar-refractivity contribution is -0.144. The first-order valence-corrected chi connectivity index (χ1v) is 5.69. The van der Waals surface area contributed by atoms with E-state index in [0.717, 1.165) is 16.5 Å². The minimum Gasteiger partial charge on any atom is -0.465 e. The monoisotopic (exact) mass is 232 g/mol. The number of rotatable bonds is 4. The highest BCUT2D eigenvalue weighted by atomic mass is 16.5. The third-order valence-corrected chi connectivity index (χ3v) is 2.70. The number of esters is 1. The maximum absolute atomic E-state index is 11.4. The first-order chi connectivity index (χ1) is 8.22. The third kappa shape index (κ3) is 2.47. The molecule has 0 radical (unpaired) electrons. The molecule has 3 N–H and O–H groups in total. The number of hydrogen-bond acceptors (Lipinski definition) is 3. The van der Waals surface area contributed by atoms with Crippen molar-refractivity contribution in [1.82, 2.24) is 4.98 Å². The summed E-state index contributed by atoms with van der Waals surface area (Å²) in [6.07, 6.45) is 2.38. The normalized spacial score (nSPS) is 12.6. The zero-order valence-electron chi connectivity index (χ0n) is 9.77. The van der Waals surface area contributed by atoms with Crippen molar-refractivity contribution in [3.63, 3.8) is 0 Å². The summed E-state index contributed by atoms with van der Waals surface area (Å²) >= 11 is 0. The predicted molar refractivity (Wildman–Crippen MR) is 66.6 cm³/mol. The largest absolute Gasteiger partial charge is 0.465 e. The van der Waals surface area contributed by atoms with Gasteiger partial charge in [0.1, 0.15) is 6.04 Å². The van der Waals surface area contributed by atoms with E-state index in [1.165, 1.54) is 0 Å². The fourth-order valence-electron chi connectivity index (χ4n) is 1.87. The quantitative estimate of drug-likeness (QED) is 0.787. The zero-order valence-corrected chi connectivity index (χ0v) is 9.77. The van der Waals surface area contributed by atoms with Crippen LogP contribution in [-0.2, 0) is 16.0 Å². The lowest BCUT2D eigenvalue weighted by Crippen LogP contribution is -2.34. The molecule has 0 fully saturated rings. The van der Waals surface area contributed by atoms with Crippen molar-refractivity contribution in [2.45, 2.75) is 19.4 Å². The van der Waals surface area contributed by atoms with Crippen molar-refractivity contribution < 1.29 is 9.53 Å². The van der Waals surface area contributed by atoms with Crippen molar-refractivity contribution in [2.24, 2.45) is 5.73 Å². The van der Waals surface area contributed by atoms with Crippen LogP contribution in [0.15, 0.2) is 30.5 Å². The highest BCUT2D eigenvalue weighted by Gasteiger charge is 2.16. The number of carbonyl (C=O) groups is 1. The van der Waals surface area contributed by atoms with Crippen molar-refractivity contribution in [3.05, 3.63) is 36.0 Å². The second-order valence-electron chi connectivity index (χ2n) is 3.92. The molecule has 0 saturated heterocycles. The molecular weight excluding hydrogens is 216 g/mol. The van der Waals surface area contributed by atoms with E-state index in [0.29, 0.717) is 13.0 Å². The molecule has 0 aliphatic carbocycles. The van der Waals surface area contributed by atoms with Crippen LogP contribution in [0, 0.1) is 0 Å². The number of fused-ring (bicyclic) bond motifs is 1. The minimum atomic E-state index is -0.603. The minimum absolute atomic E-state index is 0.349. The molecule has 0 aliphatic rings. The average Bonchev–Trinajstić information content (AvgIpc) is 2.73. The molecule has 1 atom stereocenters. The van der Waals surface area contributed by atoms with E-state index in [2.05, 4.69) is 4.98 Å². The second kappa shape index (κ2) is 5.01. The third-order valence-electron chi connectivity index (χ3n) is 2.70. The van der Waals surface area contributed by atoms with E-state index < -0.39 is 6.04 Å². The molecule has 17 heavy (non-hydrogen) atoms. The van der Waals surface area contributed by atoms with Gasteiger partial charge in [-0.25, -0.2) is 0 Å². The Bertz CT molecular complexity index is 519. The molecule has 0 spiro atoms. The summed E-state index contributed by atoms with van der Waals surface area (Å²) in [6, 6.07) is 7.34. The van der Waals surface area contributed by atoms with Crippen molar-refractivity contribution in [2.75, 3.05) is 6.61 Å². The Labute approximate surface area is 99.8 Å². The van der Waals surface area contributed by atoms with Crippen molar-refractivity contribution in [3.8, 4) is 0 Å². The highest BCUT2D eigenvalue weighted by molar-refractivity contribution is 5.84. The van der Waals surface area contributed by atoms with Crippen LogP contribution in [0.5, 0.6) is 0 Å². The topological polar surface area (TPSA) is 68.1 Å². The van der Waals surface area contributed by atoms with Crippen LogP contribution in [0.2, 0.25) is 0 Å². The summed E-state index contributed by atoms with van der Waals surface area (Å²) in [5.41, 5.74) is 7.89. The number of nitrogens with one attached hydrogen (secondary N) is 1. The van der Waals surface area contributed by atoms with E-state index in [1.807, 2.05) is 30.5 Å². The second-order valence-corrected chi connectivity index (χ2v) is 3.92. The summed E-state index contributed by atoms with van der Waals surface area (Å²) in [5.74, 6) is -0.349. The molecular formula is C13H16N2O2. The number of para-hydroxylation sites is 1. The smallest absolute Gasteiger partial charge is 0.323 e. The van der Waals surface area contributed by atoms with Crippen molar-refractivity contribution >= 4 is 16.9 Å². The molecule has 2 rings (SSSR count). The zero-order chi connectivity index (χ0) is 12.3. The van der Waals surface area contributed by atoms with E-state index in [-0.39, 0.29) is 5.97 Å². The molecule has 4 heteroatoms. The Morgan fingerprint density at radius 2 is 2.24 bits per heavy atom. The Morgan fingerprint density at radius 3 is 3.00 bits per heavy atom. The highest BCUT2D eigenvalue weighted by Crippen LogP contribution is 2.18. The lowest BCUT2D eigenvalue weighted by atomic mass is 10.1. The fraction of sp³-hybridized carbons (Fsp3) is 0.308. The summed E-state index contributed by atoms with van der Waals surface area (Å²) in [4.78, 5) is 14.6. The molecule has 4 nitrogen and oxygen atoms in total. The lowest BCUT2D eigenvalue weighted by Gasteiger charge is -2.09. The summed E-state index contributed by atoms with van der Waals surface area (Å²) in [7, 11) is 0. The Kier molecular flexibility index (Phi) is 3.44. The van der Waals surface area contributed by atoms with Gasteiger partial charge in [-0.2, -0.15) is 0 Å². The number of carbonyl (C=O) groups excluding carboxylic acids is 1. The van der Waals surface area contributed by atoms with E-state index >= 15 is 0 Å². The molecule has 1 aromatic carbocycles. The molecule has 0 aliphatic heterocycles. The number of H-pyrrole nitrogens is 1. The molecule has 2 aromatic rings. The van der Waals surface area contributed by atoms with E-state index in [4.69, 9.17) is 10.5 Å². The van der Waals surface area contributed by atoms with Crippen LogP contribution in [-0.4, -0.2) is 23.6 Å². The summed E-state index contributed by atoms with van der Waals surface area (Å²) in [5, 5.41) is 1.10. The predicted octanol–water partition coefficient (Wildman–Crippen LogP) is 1.60. The summed E-state index contributed by atoms with van der Waals surface area (Å²) in [6.45, 7) is 2.14. The standard InChI is InChI=1S/C13H16N2O2/c1-2-17-13(16)11(14)7-9-8-15-12-6-4-3-5-10(9)12/h3-6,8,11,15H,2,7,14H2,1H3/t11-/m0/s1. The SMILES string of the molecule is CCOC(=O)[C@@H](N)Cc1c[nH]c2ccccc12. The van der Waals surface area contributed by atoms with Crippen LogP contribution in [0.1, 0.15) is 12.5 Å². The van der Waals surface area contributed by atoms with Gasteiger partial charge in [0.15, 0.2) is 0 Å². The molecule has 1 heterocycles. The van der Waals surface area contributed by atoms with Crippen molar-refractivity contribution in [1.29, 1.82) is 0 Å². The molecule has 90 valence electrons. The van der Waals surface area contributed by atoms with Gasteiger partial charge in [0, 0.05) is 23.5 Å². The molecule has 1 aromatic heterocycles.